The molecule has 2 aromatic rings. The molecule has 0 saturated carbocycles. The highest BCUT2D eigenvalue weighted by Gasteiger charge is 2.36. The summed E-state index contributed by atoms with van der Waals surface area (Å²) in [4.78, 5) is 5.80. The van der Waals surface area contributed by atoms with Gasteiger partial charge in [0.15, 0.2) is 0 Å². The number of ether oxygens (including phenoxy) is 1. The van der Waals surface area contributed by atoms with E-state index in [0.29, 0.717) is 23.1 Å². The van der Waals surface area contributed by atoms with Crippen LogP contribution in [0, 0.1) is 11.3 Å². The third-order valence-corrected chi connectivity index (χ3v) is 7.81. The summed E-state index contributed by atoms with van der Waals surface area (Å²) in [5.41, 5.74) is 8.76. The predicted molar refractivity (Wildman–Crippen MR) is 155 cm³/mol. The first-order valence-corrected chi connectivity index (χ1v) is 13.8. The van der Waals surface area contributed by atoms with Crippen molar-refractivity contribution in [1.29, 1.82) is 5.41 Å². The van der Waals surface area contributed by atoms with Crippen molar-refractivity contribution in [2.75, 3.05) is 33.4 Å². The van der Waals surface area contributed by atoms with Gasteiger partial charge in [-0.2, -0.15) is 13.2 Å². The number of H-pyrrole nitrogens is 1. The third-order valence-electron chi connectivity index (χ3n) is 7.81. The van der Waals surface area contributed by atoms with Gasteiger partial charge in [0.1, 0.15) is 0 Å². The van der Waals surface area contributed by atoms with Crippen LogP contribution in [0.4, 0.5) is 13.2 Å². The minimum atomic E-state index is -4.58. The molecule has 39 heavy (non-hydrogen) atoms. The molecule has 0 amide bonds. The van der Waals surface area contributed by atoms with Crippen LogP contribution < -0.4 is 5.73 Å². The summed E-state index contributed by atoms with van der Waals surface area (Å²) in [5.74, 6) is 0.998. The van der Waals surface area contributed by atoms with Gasteiger partial charge in [-0.1, -0.05) is 39.5 Å². The summed E-state index contributed by atoms with van der Waals surface area (Å²) in [5, 5.41) is 8.97. The summed E-state index contributed by atoms with van der Waals surface area (Å²) in [6.07, 6.45) is 0.355. The van der Waals surface area contributed by atoms with E-state index in [1.54, 1.807) is 19.9 Å². The lowest BCUT2D eigenvalue weighted by Gasteiger charge is -2.40. The summed E-state index contributed by atoms with van der Waals surface area (Å²) >= 11 is 0. The maximum absolute atomic E-state index is 13.8. The van der Waals surface area contributed by atoms with Gasteiger partial charge in [0.25, 0.3) is 0 Å². The third kappa shape index (κ3) is 6.67. The number of allylic oxidation sites excluding steroid dienone is 4. The van der Waals surface area contributed by atoms with Crippen LogP contribution in [0.25, 0.3) is 16.5 Å². The molecule has 2 aliphatic rings. The smallest absolute Gasteiger partial charge is 0.380 e. The Bertz CT molecular complexity index is 1230. The number of hydrogen-bond acceptors (Lipinski definition) is 4. The van der Waals surface area contributed by atoms with E-state index in [1.807, 2.05) is 0 Å². The van der Waals surface area contributed by atoms with Crippen molar-refractivity contribution in [3.63, 3.8) is 0 Å². The predicted octanol–water partition coefficient (Wildman–Crippen LogP) is 7.53. The molecule has 1 aromatic carbocycles. The van der Waals surface area contributed by atoms with E-state index in [4.69, 9.17) is 10.1 Å². The van der Waals surface area contributed by atoms with E-state index in [0.717, 1.165) is 61.7 Å². The Labute approximate surface area is 230 Å². The van der Waals surface area contributed by atoms with Crippen molar-refractivity contribution in [3.8, 4) is 0 Å². The normalized spacial score (nSPS) is 17.7. The number of nitrogens with two attached hydrogens (primary N) is 1. The number of fused-ring (bicyclic) bond motifs is 1. The number of benzene rings is 1. The van der Waals surface area contributed by atoms with Crippen LogP contribution in [0.15, 0.2) is 48.2 Å². The molecule has 1 aromatic heterocycles. The molecule has 0 atom stereocenters. The van der Waals surface area contributed by atoms with Crippen LogP contribution in [0.3, 0.4) is 0 Å². The number of aromatic nitrogens is 1. The first-order chi connectivity index (χ1) is 18.5. The van der Waals surface area contributed by atoms with Crippen molar-refractivity contribution < 1.29 is 17.9 Å². The summed E-state index contributed by atoms with van der Waals surface area (Å²) in [6, 6.07) is 6.45. The van der Waals surface area contributed by atoms with Crippen LogP contribution in [-0.2, 0) is 4.74 Å². The van der Waals surface area contributed by atoms with Gasteiger partial charge in [-0.15, -0.1) is 0 Å². The van der Waals surface area contributed by atoms with E-state index < -0.39 is 17.5 Å². The van der Waals surface area contributed by atoms with E-state index >= 15 is 0 Å². The number of halogens is 3. The average molecular weight is 545 g/mol. The second-order valence-corrected chi connectivity index (χ2v) is 10.5. The lowest BCUT2D eigenvalue weighted by Crippen LogP contribution is -2.40. The molecule has 0 bridgehead atoms. The van der Waals surface area contributed by atoms with Gasteiger partial charge in [-0.25, -0.2) is 0 Å². The molecule has 4 N–H and O–H groups in total. The molecule has 0 aliphatic carbocycles. The molecule has 4 rings (SSSR count). The number of nitrogens with zero attached hydrogens (tertiary/aromatic N) is 1. The highest BCUT2D eigenvalue weighted by Crippen LogP contribution is 2.39. The molecule has 2 fully saturated rings. The van der Waals surface area contributed by atoms with Crippen LogP contribution >= 0.6 is 0 Å². The maximum atomic E-state index is 13.8. The maximum Gasteiger partial charge on any atom is 0.418 e. The fourth-order valence-corrected chi connectivity index (χ4v) is 5.48. The molecule has 0 unspecified atom stereocenters. The fourth-order valence-electron chi connectivity index (χ4n) is 5.48. The first-order valence-electron chi connectivity index (χ1n) is 13.8. The number of hydrogen-bond donors (Lipinski definition) is 3. The molecule has 0 radical (unpaired) electrons. The van der Waals surface area contributed by atoms with E-state index in [1.165, 1.54) is 18.3 Å². The van der Waals surface area contributed by atoms with Crippen molar-refractivity contribution in [1.82, 2.24) is 9.88 Å². The monoisotopic (exact) mass is 544 g/mol. The summed E-state index contributed by atoms with van der Waals surface area (Å²) in [6.45, 7) is 15.3. The zero-order chi connectivity index (χ0) is 28.9. The summed E-state index contributed by atoms with van der Waals surface area (Å²) in [7, 11) is 1.50. The molecule has 3 heterocycles. The standard InChI is InChI=1S/C30H38F3N3O.CH5N/c1-6-20(15-25(26(34)7-2)30(31,32)33)29-28(18(3)4)24-14-22(8-9-27(24)35-29)21-10-12-36(13-11-21)19(5)23-16-37-17-23;1-2/h6,8-9,14-15,18,21,23,34-35H,5,7,10-13,16-17H2,1-4H3;2H2,1H3/b20-6+,25-15+,34-26?;. The highest BCUT2D eigenvalue weighted by molar-refractivity contribution is 6.02. The molecular weight excluding hydrogens is 501 g/mol. The first kappa shape index (κ1) is 30.7. The fraction of sp³-hybridized carbons (Fsp3) is 0.516. The van der Waals surface area contributed by atoms with Gasteiger partial charge in [0.05, 0.1) is 18.8 Å². The second kappa shape index (κ2) is 13.0. The Balaban J connectivity index is 0.00000205. The van der Waals surface area contributed by atoms with E-state index in [2.05, 4.69) is 54.2 Å². The van der Waals surface area contributed by atoms with Crippen LogP contribution in [-0.4, -0.2) is 55.1 Å². The number of nitrogens with one attached hydrogen (secondary N) is 2. The minimum absolute atomic E-state index is 0.0238. The molecule has 2 aliphatic heterocycles. The second-order valence-electron chi connectivity index (χ2n) is 10.5. The average Bonchev–Trinajstić information content (AvgIpc) is 3.27. The quantitative estimate of drug-likeness (QED) is 0.237. The van der Waals surface area contributed by atoms with E-state index in [9.17, 15) is 13.2 Å². The number of aromatic amines is 1. The van der Waals surface area contributed by atoms with Crippen molar-refractivity contribution in [2.45, 2.75) is 65.0 Å². The Morgan fingerprint density at radius 2 is 1.87 bits per heavy atom. The van der Waals surface area contributed by atoms with Gasteiger partial charge in [-0.05, 0) is 80.0 Å². The molecule has 2 saturated heterocycles. The van der Waals surface area contributed by atoms with Gasteiger partial charge in [-0.3, -0.25) is 0 Å². The molecule has 0 spiro atoms. The number of alkyl halides is 3. The Hall–Kier alpha value is -2.84. The van der Waals surface area contributed by atoms with Crippen LogP contribution in [0.5, 0.6) is 0 Å². The lowest BCUT2D eigenvalue weighted by molar-refractivity contribution is -0.0862. The minimum Gasteiger partial charge on any atom is -0.380 e. The highest BCUT2D eigenvalue weighted by atomic mass is 19.4. The Kier molecular flexibility index (Phi) is 10.2. The largest absolute Gasteiger partial charge is 0.418 e. The van der Waals surface area contributed by atoms with Crippen molar-refractivity contribution in [3.05, 3.63) is 65.0 Å². The number of rotatable bonds is 8. The lowest BCUT2D eigenvalue weighted by atomic mass is 9.86. The Morgan fingerprint density at radius 1 is 1.23 bits per heavy atom. The molecular formula is C31H43F3N4O. The van der Waals surface area contributed by atoms with Crippen molar-refractivity contribution >= 4 is 22.2 Å². The summed E-state index contributed by atoms with van der Waals surface area (Å²) < 4.78 is 46.7. The van der Waals surface area contributed by atoms with E-state index in [-0.39, 0.29) is 12.3 Å². The number of likely N-dealkylation sites (tertiary alicyclic amines) is 1. The van der Waals surface area contributed by atoms with Gasteiger partial charge >= 0.3 is 6.18 Å². The Morgan fingerprint density at radius 3 is 2.36 bits per heavy atom. The van der Waals surface area contributed by atoms with Gasteiger partial charge < -0.3 is 25.8 Å². The molecule has 214 valence electrons. The zero-order valence-corrected chi connectivity index (χ0v) is 23.8. The number of piperidine rings is 1. The zero-order valence-electron chi connectivity index (χ0n) is 23.8. The SMILES string of the molecule is C=C(C1COC1)N1CCC(c2ccc3[nH]c(C(=C/C)/C=C(\C(=N)CC)C(F)(F)F)c(C(C)C)c3c2)CC1.CN. The molecule has 8 heteroatoms. The van der Waals surface area contributed by atoms with Crippen LogP contribution in [0.2, 0.25) is 0 Å². The van der Waals surface area contributed by atoms with Crippen LogP contribution in [0.1, 0.15) is 75.6 Å². The molecule has 5 nitrogen and oxygen atoms in total. The van der Waals surface area contributed by atoms with Gasteiger partial charge in [0.2, 0.25) is 0 Å². The topological polar surface area (TPSA) is 78.1 Å². The van der Waals surface area contributed by atoms with Crippen molar-refractivity contribution in [2.24, 2.45) is 11.7 Å². The van der Waals surface area contributed by atoms with Gasteiger partial charge in [0, 0.05) is 47.0 Å².